The normalized spacial score (nSPS) is 31.8. The number of halogens is 1. The summed E-state index contributed by atoms with van der Waals surface area (Å²) in [7, 11) is -3.15. The second kappa shape index (κ2) is 9.62. The summed E-state index contributed by atoms with van der Waals surface area (Å²) in [5.74, 6) is 0.998. The summed E-state index contributed by atoms with van der Waals surface area (Å²) >= 11 is 0. The zero-order chi connectivity index (χ0) is 27.6. The van der Waals surface area contributed by atoms with Crippen LogP contribution in [0.25, 0.3) is 0 Å². The molecule has 6 aliphatic rings. The Hall–Kier alpha value is -2.85. The van der Waals surface area contributed by atoms with E-state index in [0.29, 0.717) is 58.0 Å². The van der Waals surface area contributed by atoms with E-state index in [-0.39, 0.29) is 23.9 Å². The SMILES string of the molecule is CS(=O)(=O)N1CCN(c2ccc(N3CCN(C(=O)NC4[C@@H]5CC6C[C@H]4CC(F)(C6)C5)c4ccccc43)cc2)CC1. The maximum absolute atomic E-state index is 15.2. The first-order chi connectivity index (χ1) is 19.2. The lowest BCUT2D eigenvalue weighted by atomic mass is 9.53. The van der Waals surface area contributed by atoms with Gasteiger partial charge in [0.15, 0.2) is 0 Å². The molecule has 2 aromatic rings. The number of carbonyl (C=O) groups is 1. The summed E-state index contributed by atoms with van der Waals surface area (Å²) < 4.78 is 40.4. The van der Waals surface area contributed by atoms with E-state index in [1.807, 2.05) is 23.1 Å². The van der Waals surface area contributed by atoms with E-state index in [0.717, 1.165) is 42.0 Å². The topological polar surface area (TPSA) is 76.2 Å². The Bertz CT molecular complexity index is 1380. The fraction of sp³-hybridized carbons (Fsp3) is 0.567. The molecule has 5 atom stereocenters. The van der Waals surface area contributed by atoms with Gasteiger partial charge in [-0.1, -0.05) is 12.1 Å². The van der Waals surface area contributed by atoms with Crippen LogP contribution in [0.15, 0.2) is 48.5 Å². The fourth-order valence-electron chi connectivity index (χ4n) is 8.34. The molecule has 1 N–H and O–H groups in total. The standard InChI is InChI=1S/C30H38FN5O3S/c1-40(38,39)34-12-10-33(11-13-34)24-6-8-25(9-7-24)35-14-15-36(27-5-3-2-4-26(27)35)29(37)32-28-22-16-21-17-23(28)20-30(31,18-21)19-22/h2-9,21-23,28H,10-20H2,1H3,(H,32,37)/t21?,22-,23+,28?,30?. The average Bonchev–Trinajstić information content (AvgIpc) is 2.93. The second-order valence-electron chi connectivity index (χ2n) is 12.6. The molecule has 10 heteroatoms. The molecule has 0 radical (unpaired) electrons. The van der Waals surface area contributed by atoms with Gasteiger partial charge in [-0.05, 0) is 86.3 Å². The first kappa shape index (κ1) is 26.1. The molecule has 3 unspecified atom stereocenters. The summed E-state index contributed by atoms with van der Waals surface area (Å²) in [4.78, 5) is 20.0. The van der Waals surface area contributed by atoms with E-state index in [4.69, 9.17) is 0 Å². The monoisotopic (exact) mass is 567 g/mol. The Morgan fingerprint density at radius 3 is 2.10 bits per heavy atom. The molecule has 2 aromatic carbocycles. The number of hydrogen-bond donors (Lipinski definition) is 1. The molecule has 5 fully saturated rings. The Morgan fingerprint density at radius 2 is 1.48 bits per heavy atom. The zero-order valence-corrected chi connectivity index (χ0v) is 23.8. The van der Waals surface area contributed by atoms with Crippen molar-refractivity contribution in [1.82, 2.24) is 9.62 Å². The highest BCUT2D eigenvalue weighted by Gasteiger charge is 2.56. The van der Waals surface area contributed by atoms with E-state index in [9.17, 15) is 13.2 Å². The van der Waals surface area contributed by atoms with Crippen molar-refractivity contribution in [3.63, 3.8) is 0 Å². The number of nitrogens with one attached hydrogen (secondary N) is 1. The van der Waals surface area contributed by atoms with Crippen LogP contribution in [0.2, 0.25) is 0 Å². The van der Waals surface area contributed by atoms with Gasteiger partial charge in [0.1, 0.15) is 5.67 Å². The summed E-state index contributed by atoms with van der Waals surface area (Å²) in [6, 6.07) is 16.4. The molecule has 4 aliphatic carbocycles. The molecule has 214 valence electrons. The molecule has 40 heavy (non-hydrogen) atoms. The van der Waals surface area contributed by atoms with Crippen molar-refractivity contribution in [3.05, 3.63) is 48.5 Å². The molecule has 0 spiro atoms. The van der Waals surface area contributed by atoms with Crippen molar-refractivity contribution in [1.29, 1.82) is 0 Å². The Balaban J connectivity index is 1.05. The minimum Gasteiger partial charge on any atom is -0.369 e. The van der Waals surface area contributed by atoms with Crippen LogP contribution < -0.4 is 20.0 Å². The van der Waals surface area contributed by atoms with Crippen LogP contribution in [0, 0.1) is 17.8 Å². The average molecular weight is 568 g/mol. The molecule has 2 aliphatic heterocycles. The van der Waals surface area contributed by atoms with Crippen LogP contribution in [0.1, 0.15) is 32.1 Å². The number of piperazine rings is 1. The third-order valence-corrected chi connectivity index (χ3v) is 11.3. The summed E-state index contributed by atoms with van der Waals surface area (Å²) in [5.41, 5.74) is 3.01. The first-order valence-electron chi connectivity index (χ1n) is 14.6. The van der Waals surface area contributed by atoms with Gasteiger partial charge in [-0.3, -0.25) is 4.90 Å². The largest absolute Gasteiger partial charge is 0.369 e. The number of nitrogens with zero attached hydrogens (tertiary/aromatic N) is 4. The predicted octanol–water partition coefficient (Wildman–Crippen LogP) is 4.35. The minimum absolute atomic E-state index is 0.0685. The summed E-state index contributed by atoms with van der Waals surface area (Å²) in [6.45, 7) is 3.56. The Morgan fingerprint density at radius 1 is 0.850 bits per heavy atom. The molecule has 8 nitrogen and oxygen atoms in total. The van der Waals surface area contributed by atoms with Gasteiger partial charge in [0, 0.05) is 56.7 Å². The van der Waals surface area contributed by atoms with Gasteiger partial charge in [0.2, 0.25) is 10.0 Å². The van der Waals surface area contributed by atoms with Crippen LogP contribution in [0.5, 0.6) is 0 Å². The van der Waals surface area contributed by atoms with Crippen molar-refractivity contribution in [2.45, 2.75) is 43.8 Å². The van der Waals surface area contributed by atoms with Gasteiger partial charge in [0.25, 0.3) is 0 Å². The van der Waals surface area contributed by atoms with Gasteiger partial charge in [-0.2, -0.15) is 4.31 Å². The van der Waals surface area contributed by atoms with Crippen molar-refractivity contribution >= 4 is 38.8 Å². The van der Waals surface area contributed by atoms with Crippen LogP contribution in [-0.4, -0.2) is 76.0 Å². The van der Waals surface area contributed by atoms with E-state index in [1.54, 1.807) is 0 Å². The number of amides is 2. The van der Waals surface area contributed by atoms with E-state index >= 15 is 4.39 Å². The van der Waals surface area contributed by atoms with Crippen molar-refractivity contribution in [2.24, 2.45) is 17.8 Å². The summed E-state index contributed by atoms with van der Waals surface area (Å²) in [5, 5.41) is 3.36. The molecule has 2 amide bonds. The van der Waals surface area contributed by atoms with Gasteiger partial charge >= 0.3 is 6.03 Å². The van der Waals surface area contributed by atoms with Crippen LogP contribution in [0.3, 0.4) is 0 Å². The first-order valence-corrected chi connectivity index (χ1v) is 16.5. The Kier molecular flexibility index (Phi) is 6.27. The molecule has 4 saturated carbocycles. The van der Waals surface area contributed by atoms with Gasteiger partial charge in [-0.25, -0.2) is 17.6 Å². The maximum atomic E-state index is 15.2. The quantitative estimate of drug-likeness (QED) is 0.595. The number of para-hydroxylation sites is 2. The van der Waals surface area contributed by atoms with E-state index < -0.39 is 15.7 Å². The molecular weight excluding hydrogens is 529 g/mol. The maximum Gasteiger partial charge on any atom is 0.322 e. The second-order valence-corrected chi connectivity index (χ2v) is 14.5. The number of rotatable bonds is 4. The van der Waals surface area contributed by atoms with E-state index in [1.165, 1.54) is 10.6 Å². The summed E-state index contributed by atoms with van der Waals surface area (Å²) in [6.07, 6.45) is 5.26. The number of fused-ring (bicyclic) bond motifs is 1. The van der Waals surface area contributed by atoms with Crippen molar-refractivity contribution in [2.75, 3.05) is 60.2 Å². The van der Waals surface area contributed by atoms with Crippen LogP contribution >= 0.6 is 0 Å². The zero-order valence-electron chi connectivity index (χ0n) is 23.0. The lowest BCUT2D eigenvalue weighted by molar-refractivity contribution is -0.0899. The molecule has 1 saturated heterocycles. The van der Waals surface area contributed by atoms with Crippen LogP contribution in [0.4, 0.5) is 31.9 Å². The van der Waals surface area contributed by atoms with E-state index in [2.05, 4.69) is 45.4 Å². The molecule has 2 heterocycles. The fourth-order valence-corrected chi connectivity index (χ4v) is 9.17. The van der Waals surface area contributed by atoms with Crippen molar-refractivity contribution in [3.8, 4) is 0 Å². The number of alkyl halides is 1. The third kappa shape index (κ3) is 4.62. The van der Waals surface area contributed by atoms with Crippen molar-refractivity contribution < 1.29 is 17.6 Å². The highest BCUT2D eigenvalue weighted by atomic mass is 32.2. The van der Waals surface area contributed by atoms with Gasteiger partial charge < -0.3 is 15.1 Å². The van der Waals surface area contributed by atoms with Gasteiger partial charge in [0.05, 0.1) is 17.6 Å². The number of hydrogen-bond acceptors (Lipinski definition) is 5. The van der Waals surface area contributed by atoms with Crippen LogP contribution in [-0.2, 0) is 10.0 Å². The lowest BCUT2D eigenvalue weighted by Crippen LogP contribution is -2.62. The highest BCUT2D eigenvalue weighted by molar-refractivity contribution is 7.88. The number of benzene rings is 2. The third-order valence-electron chi connectivity index (χ3n) is 9.98. The number of anilines is 4. The smallest absolute Gasteiger partial charge is 0.322 e. The molecular formula is C30H38FN5O3S. The molecule has 4 bridgehead atoms. The molecule has 8 rings (SSSR count). The molecule has 0 aromatic heterocycles. The predicted molar refractivity (Wildman–Crippen MR) is 156 cm³/mol. The number of carbonyl (C=O) groups excluding carboxylic acids is 1. The Labute approximate surface area is 236 Å². The highest BCUT2D eigenvalue weighted by Crippen LogP contribution is 2.57. The number of sulfonamides is 1. The number of urea groups is 1. The lowest BCUT2D eigenvalue weighted by Gasteiger charge is -2.57. The van der Waals surface area contributed by atoms with Gasteiger partial charge in [-0.15, -0.1) is 0 Å². The minimum atomic E-state index is -3.15.